The van der Waals surface area contributed by atoms with E-state index in [0.29, 0.717) is 10.5 Å². The first-order valence-corrected chi connectivity index (χ1v) is 7.74. The van der Waals surface area contributed by atoms with Crippen molar-refractivity contribution < 1.29 is 8.95 Å². The molecule has 0 aliphatic rings. The van der Waals surface area contributed by atoms with Crippen molar-refractivity contribution in [3.05, 3.63) is 23.0 Å². The molecule has 0 aliphatic heterocycles. The number of hydrogen-bond acceptors (Lipinski definition) is 3. The van der Waals surface area contributed by atoms with Gasteiger partial charge in [0.25, 0.3) is 0 Å². The first-order valence-electron chi connectivity index (χ1n) is 5.61. The van der Waals surface area contributed by atoms with E-state index in [9.17, 15) is 4.21 Å². The minimum Gasteiger partial charge on any atom is -0.497 e. The third-order valence-electron chi connectivity index (χ3n) is 2.84. The lowest BCUT2D eigenvalue weighted by Gasteiger charge is -2.13. The summed E-state index contributed by atoms with van der Waals surface area (Å²) in [6.45, 7) is 2.02. The molecule has 2 rings (SSSR count). The summed E-state index contributed by atoms with van der Waals surface area (Å²) in [4.78, 5) is 3.16. The smallest absolute Gasteiger partial charge is 0.178 e. The molecule has 0 radical (unpaired) electrons. The van der Waals surface area contributed by atoms with Crippen molar-refractivity contribution in [3.8, 4) is 5.75 Å². The molecule has 6 heteroatoms. The van der Waals surface area contributed by atoms with Crippen molar-refractivity contribution in [1.29, 1.82) is 0 Å². The van der Waals surface area contributed by atoms with Crippen LogP contribution in [0.4, 0.5) is 0 Å². The van der Waals surface area contributed by atoms with E-state index in [4.69, 9.17) is 17.0 Å². The van der Waals surface area contributed by atoms with Gasteiger partial charge < -0.3 is 14.3 Å². The predicted molar refractivity (Wildman–Crippen MR) is 77.3 cm³/mol. The summed E-state index contributed by atoms with van der Waals surface area (Å²) in [7, 11) is 0.785. The Morgan fingerprint density at radius 2 is 2.28 bits per heavy atom. The largest absolute Gasteiger partial charge is 0.497 e. The predicted octanol–water partition coefficient (Wildman–Crippen LogP) is 2.65. The third kappa shape index (κ3) is 2.49. The van der Waals surface area contributed by atoms with Crippen LogP contribution in [0.2, 0.25) is 0 Å². The number of H-pyrrole nitrogens is 1. The molecule has 2 atom stereocenters. The normalized spacial score (nSPS) is 14.6. The molecule has 1 heterocycles. The maximum absolute atomic E-state index is 11.3. The van der Waals surface area contributed by atoms with Gasteiger partial charge in [0.15, 0.2) is 4.77 Å². The van der Waals surface area contributed by atoms with E-state index >= 15 is 0 Å². The van der Waals surface area contributed by atoms with E-state index in [1.165, 1.54) is 0 Å². The van der Waals surface area contributed by atoms with Crippen LogP contribution >= 0.6 is 12.2 Å². The topological polar surface area (TPSA) is 47.0 Å². The zero-order valence-corrected chi connectivity index (χ0v) is 12.2. The van der Waals surface area contributed by atoms with Gasteiger partial charge in [-0.25, -0.2) is 0 Å². The Balaban J connectivity index is 2.57. The summed E-state index contributed by atoms with van der Waals surface area (Å²) in [6, 6.07) is 5.86. The van der Waals surface area contributed by atoms with Crippen molar-refractivity contribution in [2.24, 2.45) is 0 Å². The molecule has 4 nitrogen and oxygen atoms in total. The number of nitrogens with one attached hydrogen (secondary N) is 1. The van der Waals surface area contributed by atoms with Gasteiger partial charge in [0.1, 0.15) is 5.75 Å². The third-order valence-corrected chi connectivity index (χ3v) is 4.09. The summed E-state index contributed by atoms with van der Waals surface area (Å²) in [5.41, 5.74) is 1.95. The highest BCUT2D eigenvalue weighted by Gasteiger charge is 2.13. The summed E-state index contributed by atoms with van der Waals surface area (Å²) in [6.07, 6.45) is 1.70. The molecule has 18 heavy (non-hydrogen) atoms. The molecular formula is C12H16N2O2S2. The van der Waals surface area contributed by atoms with Gasteiger partial charge in [0.2, 0.25) is 0 Å². The molecule has 0 saturated heterocycles. The van der Waals surface area contributed by atoms with Gasteiger partial charge in [0.05, 0.1) is 18.1 Å². The molecule has 2 aromatic rings. The molecule has 98 valence electrons. The zero-order valence-electron chi connectivity index (χ0n) is 10.6. The highest BCUT2D eigenvalue weighted by Crippen LogP contribution is 2.24. The fourth-order valence-corrected chi connectivity index (χ4v) is 3.30. The van der Waals surface area contributed by atoms with Crippen molar-refractivity contribution in [1.82, 2.24) is 9.55 Å². The van der Waals surface area contributed by atoms with Gasteiger partial charge in [0, 0.05) is 34.9 Å². The lowest BCUT2D eigenvalue weighted by Crippen LogP contribution is -2.12. The van der Waals surface area contributed by atoms with Crippen LogP contribution in [0.5, 0.6) is 5.75 Å². The second-order valence-electron chi connectivity index (χ2n) is 4.27. The van der Waals surface area contributed by atoms with Crippen molar-refractivity contribution in [3.63, 3.8) is 0 Å². The lowest BCUT2D eigenvalue weighted by molar-refractivity contribution is 0.415. The second-order valence-corrected chi connectivity index (χ2v) is 6.14. The van der Waals surface area contributed by atoms with Crippen LogP contribution in [0.1, 0.15) is 13.0 Å². The van der Waals surface area contributed by atoms with E-state index < -0.39 is 10.8 Å². The molecule has 2 unspecified atom stereocenters. The minimum atomic E-state index is -0.851. The number of nitrogens with zero attached hydrogens (tertiary/aromatic N) is 1. The average molecular weight is 284 g/mol. The summed E-state index contributed by atoms with van der Waals surface area (Å²) in [5, 5.41) is 0. The SMILES string of the molecule is COc1ccc2[nH]c(=S)n(C(C)CS(C)=O)c2c1. The Hall–Kier alpha value is -1.14. The first kappa shape index (κ1) is 13.3. The van der Waals surface area contributed by atoms with Gasteiger partial charge in [-0.3, -0.25) is 4.21 Å². The van der Waals surface area contributed by atoms with Crippen LogP contribution in [-0.4, -0.2) is 32.9 Å². The molecule has 0 spiro atoms. The fourth-order valence-electron chi connectivity index (χ4n) is 2.08. The summed E-state index contributed by atoms with van der Waals surface area (Å²) >= 11 is 5.33. The number of hydrogen-bond donors (Lipinski definition) is 1. The van der Waals surface area contributed by atoms with Crippen LogP contribution in [-0.2, 0) is 10.8 Å². The molecule has 0 aliphatic carbocycles. The number of aromatic nitrogens is 2. The highest BCUT2D eigenvalue weighted by molar-refractivity contribution is 7.84. The van der Waals surface area contributed by atoms with E-state index in [2.05, 4.69) is 4.98 Å². The average Bonchev–Trinajstić information content (AvgIpc) is 2.62. The van der Waals surface area contributed by atoms with Crippen LogP contribution in [0.25, 0.3) is 11.0 Å². The molecule has 0 saturated carbocycles. The number of methoxy groups -OCH3 is 1. The highest BCUT2D eigenvalue weighted by atomic mass is 32.2. The van der Waals surface area contributed by atoms with Crippen molar-refractivity contribution >= 4 is 34.1 Å². The Morgan fingerprint density at radius 1 is 1.56 bits per heavy atom. The maximum Gasteiger partial charge on any atom is 0.178 e. The van der Waals surface area contributed by atoms with E-state index in [1.54, 1.807) is 13.4 Å². The van der Waals surface area contributed by atoms with Crippen LogP contribution < -0.4 is 4.74 Å². The van der Waals surface area contributed by atoms with Crippen LogP contribution in [0.3, 0.4) is 0 Å². The van der Waals surface area contributed by atoms with E-state index in [1.807, 2.05) is 29.7 Å². The monoisotopic (exact) mass is 284 g/mol. The van der Waals surface area contributed by atoms with Gasteiger partial charge in [-0.15, -0.1) is 0 Å². The number of imidazole rings is 1. The van der Waals surface area contributed by atoms with Gasteiger partial charge >= 0.3 is 0 Å². The van der Waals surface area contributed by atoms with Crippen LogP contribution in [0.15, 0.2) is 18.2 Å². The standard InChI is InChI=1S/C12H16N2O2S2/c1-8(7-18(3)15)14-11-6-9(16-2)4-5-10(11)13-12(14)17/h4-6,8H,7H2,1-3H3,(H,13,17). The van der Waals surface area contributed by atoms with E-state index in [0.717, 1.165) is 16.8 Å². The Morgan fingerprint density at radius 3 is 2.89 bits per heavy atom. The minimum absolute atomic E-state index is 0.0872. The van der Waals surface area contributed by atoms with Gasteiger partial charge in [-0.05, 0) is 31.3 Å². The Labute approximate surface area is 113 Å². The number of fused-ring (bicyclic) bond motifs is 1. The maximum atomic E-state index is 11.3. The summed E-state index contributed by atoms with van der Waals surface area (Å²) in [5.74, 6) is 1.37. The van der Waals surface area contributed by atoms with Gasteiger partial charge in [-0.2, -0.15) is 0 Å². The number of benzene rings is 1. The molecule has 0 amide bonds. The Kier molecular flexibility index (Phi) is 3.87. The lowest BCUT2D eigenvalue weighted by atomic mass is 10.3. The molecule has 0 bridgehead atoms. The van der Waals surface area contributed by atoms with E-state index in [-0.39, 0.29) is 6.04 Å². The number of ether oxygens (including phenoxy) is 1. The first-order chi connectivity index (χ1) is 8.52. The number of aromatic amines is 1. The van der Waals surface area contributed by atoms with Crippen LogP contribution in [0, 0.1) is 4.77 Å². The second kappa shape index (κ2) is 5.24. The quantitative estimate of drug-likeness (QED) is 0.878. The molecular weight excluding hydrogens is 268 g/mol. The summed E-state index contributed by atoms with van der Waals surface area (Å²) < 4.78 is 19.2. The molecule has 1 aromatic carbocycles. The Bertz CT molecular complexity index is 645. The number of rotatable bonds is 4. The van der Waals surface area contributed by atoms with Crippen molar-refractivity contribution in [2.75, 3.05) is 19.1 Å². The molecule has 1 aromatic heterocycles. The van der Waals surface area contributed by atoms with Crippen molar-refractivity contribution in [2.45, 2.75) is 13.0 Å². The molecule has 0 fully saturated rings. The van der Waals surface area contributed by atoms with Gasteiger partial charge in [-0.1, -0.05) is 0 Å². The molecule has 1 N–H and O–H groups in total. The zero-order chi connectivity index (χ0) is 13.3. The fraction of sp³-hybridized carbons (Fsp3) is 0.417.